The molecule has 0 aliphatic heterocycles. The molecule has 0 aliphatic carbocycles. The van der Waals surface area contributed by atoms with E-state index < -0.39 is 6.09 Å². The maximum atomic E-state index is 11.6. The van der Waals surface area contributed by atoms with Crippen LogP contribution in [-0.2, 0) is 4.74 Å². The molecular weight excluding hydrogens is 274 g/mol. The van der Waals surface area contributed by atoms with Crippen molar-refractivity contribution in [3.8, 4) is 0 Å². The van der Waals surface area contributed by atoms with Crippen LogP contribution in [0.3, 0.4) is 0 Å². The van der Waals surface area contributed by atoms with E-state index in [1.807, 2.05) is 36.4 Å². The topological polar surface area (TPSA) is 38.3 Å². The van der Waals surface area contributed by atoms with Gasteiger partial charge < -0.3 is 4.74 Å². The number of para-hydroxylation sites is 1. The number of rotatable bonds is 4. The summed E-state index contributed by atoms with van der Waals surface area (Å²) in [5, 5.41) is 3.06. The quantitative estimate of drug-likeness (QED) is 0.892. The van der Waals surface area contributed by atoms with Gasteiger partial charge in [-0.1, -0.05) is 60.1 Å². The van der Waals surface area contributed by atoms with Crippen molar-refractivity contribution in [2.24, 2.45) is 0 Å². The molecule has 3 nitrogen and oxygen atoms in total. The summed E-state index contributed by atoms with van der Waals surface area (Å²) < 4.78 is 5.03. The third-order valence-corrected chi connectivity index (χ3v) is 2.86. The zero-order valence-electron chi connectivity index (χ0n) is 10.8. The molecule has 2 rings (SSSR count). The Hall–Kier alpha value is -2.26. The molecule has 0 unspecified atom stereocenters. The van der Waals surface area contributed by atoms with Crippen LogP contribution in [0.15, 0.2) is 60.7 Å². The number of carbonyl (C=O) groups is 1. The second-order valence-corrected chi connectivity index (χ2v) is 4.42. The average molecular weight is 288 g/mol. The van der Waals surface area contributed by atoms with Crippen molar-refractivity contribution in [3.05, 3.63) is 71.3 Å². The highest BCUT2D eigenvalue weighted by Gasteiger charge is 2.04. The van der Waals surface area contributed by atoms with Gasteiger partial charge in [-0.15, -0.1) is 0 Å². The molecule has 0 heterocycles. The zero-order chi connectivity index (χ0) is 14.2. The predicted molar refractivity (Wildman–Crippen MR) is 81.9 cm³/mol. The molecule has 1 N–H and O–H groups in total. The van der Waals surface area contributed by atoms with Gasteiger partial charge in [-0.3, -0.25) is 5.32 Å². The normalized spacial score (nSPS) is 10.4. The maximum Gasteiger partial charge on any atom is 0.411 e. The van der Waals surface area contributed by atoms with Gasteiger partial charge in [0.1, 0.15) is 6.61 Å². The molecule has 0 atom stereocenters. The SMILES string of the molecule is O=C(Nc1ccccc1Cl)OCC=Cc1ccccc1. The highest BCUT2D eigenvalue weighted by Crippen LogP contribution is 2.20. The molecular formula is C16H14ClNO2. The van der Waals surface area contributed by atoms with Gasteiger partial charge in [0.2, 0.25) is 0 Å². The lowest BCUT2D eigenvalue weighted by molar-refractivity contribution is 0.174. The van der Waals surface area contributed by atoms with Crippen LogP contribution < -0.4 is 5.32 Å². The van der Waals surface area contributed by atoms with Crippen molar-refractivity contribution >= 4 is 29.5 Å². The van der Waals surface area contributed by atoms with Gasteiger partial charge in [-0.25, -0.2) is 4.79 Å². The Morgan fingerprint density at radius 2 is 1.80 bits per heavy atom. The van der Waals surface area contributed by atoms with E-state index in [0.717, 1.165) is 5.56 Å². The lowest BCUT2D eigenvalue weighted by Crippen LogP contribution is -2.13. The van der Waals surface area contributed by atoms with Crippen molar-refractivity contribution in [2.75, 3.05) is 11.9 Å². The fraction of sp³-hybridized carbons (Fsp3) is 0.0625. The van der Waals surface area contributed by atoms with E-state index in [0.29, 0.717) is 10.7 Å². The van der Waals surface area contributed by atoms with E-state index in [4.69, 9.17) is 16.3 Å². The van der Waals surface area contributed by atoms with Crippen LogP contribution >= 0.6 is 11.6 Å². The Labute approximate surface area is 122 Å². The van der Waals surface area contributed by atoms with E-state index in [9.17, 15) is 4.79 Å². The second-order valence-electron chi connectivity index (χ2n) is 4.02. The molecule has 4 heteroatoms. The highest BCUT2D eigenvalue weighted by atomic mass is 35.5. The Balaban J connectivity index is 1.79. The van der Waals surface area contributed by atoms with E-state index in [2.05, 4.69) is 5.32 Å². The Bertz CT molecular complexity index is 596. The van der Waals surface area contributed by atoms with Crippen molar-refractivity contribution in [1.29, 1.82) is 0 Å². The Morgan fingerprint density at radius 1 is 1.10 bits per heavy atom. The van der Waals surface area contributed by atoms with Crippen LogP contribution in [0, 0.1) is 0 Å². The summed E-state index contributed by atoms with van der Waals surface area (Å²) >= 11 is 5.93. The van der Waals surface area contributed by atoms with Gasteiger partial charge >= 0.3 is 6.09 Å². The van der Waals surface area contributed by atoms with Gasteiger partial charge in [0, 0.05) is 0 Å². The molecule has 0 spiro atoms. The summed E-state index contributed by atoms with van der Waals surface area (Å²) in [5.41, 5.74) is 1.59. The van der Waals surface area contributed by atoms with Crippen LogP contribution in [0.4, 0.5) is 10.5 Å². The molecule has 0 saturated heterocycles. The van der Waals surface area contributed by atoms with Crippen LogP contribution in [-0.4, -0.2) is 12.7 Å². The minimum absolute atomic E-state index is 0.200. The van der Waals surface area contributed by atoms with Crippen molar-refractivity contribution in [1.82, 2.24) is 0 Å². The molecule has 2 aromatic rings. The van der Waals surface area contributed by atoms with E-state index >= 15 is 0 Å². The van der Waals surface area contributed by atoms with Crippen LogP contribution in [0.25, 0.3) is 6.08 Å². The van der Waals surface area contributed by atoms with Gasteiger partial charge in [0.15, 0.2) is 0 Å². The fourth-order valence-corrected chi connectivity index (χ4v) is 1.76. The molecule has 0 bridgehead atoms. The average Bonchev–Trinajstić information content (AvgIpc) is 2.47. The summed E-state index contributed by atoms with van der Waals surface area (Å²) in [6.07, 6.45) is 3.14. The largest absolute Gasteiger partial charge is 0.445 e. The van der Waals surface area contributed by atoms with Gasteiger partial charge in [0.05, 0.1) is 10.7 Å². The third kappa shape index (κ3) is 4.44. The minimum Gasteiger partial charge on any atom is -0.445 e. The molecule has 0 aromatic heterocycles. The summed E-state index contributed by atoms with van der Waals surface area (Å²) in [4.78, 5) is 11.6. The molecule has 0 radical (unpaired) electrons. The van der Waals surface area contributed by atoms with E-state index in [1.165, 1.54) is 0 Å². The first kappa shape index (κ1) is 14.2. The number of halogens is 1. The van der Waals surface area contributed by atoms with Crippen molar-refractivity contribution in [2.45, 2.75) is 0 Å². The fourth-order valence-electron chi connectivity index (χ4n) is 1.58. The highest BCUT2D eigenvalue weighted by molar-refractivity contribution is 6.33. The first-order valence-corrected chi connectivity index (χ1v) is 6.53. The standard InChI is InChI=1S/C16H14ClNO2/c17-14-10-4-5-11-15(14)18-16(19)20-12-6-9-13-7-2-1-3-8-13/h1-11H,12H2,(H,18,19). The summed E-state index contributed by atoms with van der Waals surface area (Å²) in [6.45, 7) is 0.200. The third-order valence-electron chi connectivity index (χ3n) is 2.53. The van der Waals surface area contributed by atoms with E-state index in [-0.39, 0.29) is 6.61 Å². The van der Waals surface area contributed by atoms with Gasteiger partial charge in [-0.05, 0) is 23.8 Å². The van der Waals surface area contributed by atoms with Crippen LogP contribution in [0.1, 0.15) is 5.56 Å². The molecule has 102 valence electrons. The van der Waals surface area contributed by atoms with E-state index in [1.54, 1.807) is 30.3 Å². The molecule has 1 amide bonds. The number of anilines is 1. The van der Waals surface area contributed by atoms with Crippen LogP contribution in [0.5, 0.6) is 0 Å². The lowest BCUT2D eigenvalue weighted by atomic mass is 10.2. The lowest BCUT2D eigenvalue weighted by Gasteiger charge is -2.06. The minimum atomic E-state index is -0.532. The number of benzene rings is 2. The first-order chi connectivity index (χ1) is 9.75. The molecule has 20 heavy (non-hydrogen) atoms. The van der Waals surface area contributed by atoms with Gasteiger partial charge in [-0.2, -0.15) is 0 Å². The number of amides is 1. The molecule has 2 aromatic carbocycles. The number of ether oxygens (including phenoxy) is 1. The number of hydrogen-bond donors (Lipinski definition) is 1. The summed E-state index contributed by atoms with van der Waals surface area (Å²) in [7, 11) is 0. The smallest absolute Gasteiger partial charge is 0.411 e. The number of hydrogen-bond acceptors (Lipinski definition) is 2. The zero-order valence-corrected chi connectivity index (χ0v) is 11.5. The Morgan fingerprint density at radius 3 is 2.55 bits per heavy atom. The van der Waals surface area contributed by atoms with Crippen molar-refractivity contribution < 1.29 is 9.53 Å². The molecule has 0 saturated carbocycles. The Kier molecular flexibility index (Phi) is 5.21. The molecule has 0 aliphatic rings. The monoisotopic (exact) mass is 287 g/mol. The summed E-state index contributed by atoms with van der Waals surface area (Å²) in [5.74, 6) is 0. The maximum absolute atomic E-state index is 11.6. The van der Waals surface area contributed by atoms with Crippen LogP contribution in [0.2, 0.25) is 5.02 Å². The number of nitrogens with one attached hydrogen (secondary N) is 1. The first-order valence-electron chi connectivity index (χ1n) is 6.15. The van der Waals surface area contributed by atoms with Gasteiger partial charge in [0.25, 0.3) is 0 Å². The summed E-state index contributed by atoms with van der Waals surface area (Å²) in [6, 6.07) is 16.8. The predicted octanol–water partition coefficient (Wildman–Crippen LogP) is 4.60. The number of carbonyl (C=O) groups excluding carboxylic acids is 1. The second kappa shape index (κ2) is 7.36. The molecule has 0 fully saturated rings. The van der Waals surface area contributed by atoms with Crippen molar-refractivity contribution in [3.63, 3.8) is 0 Å².